The summed E-state index contributed by atoms with van der Waals surface area (Å²) in [6, 6.07) is 6.15. The zero-order valence-electron chi connectivity index (χ0n) is 10.8. The van der Waals surface area contributed by atoms with Crippen molar-refractivity contribution in [1.82, 2.24) is 4.90 Å². The summed E-state index contributed by atoms with van der Waals surface area (Å²) in [5, 5.41) is 8.69. The number of nitriles is 1. The van der Waals surface area contributed by atoms with E-state index in [0.717, 1.165) is 0 Å². The van der Waals surface area contributed by atoms with Crippen LogP contribution >= 0.6 is 0 Å². The molecule has 0 spiro atoms. The van der Waals surface area contributed by atoms with Crippen molar-refractivity contribution in [2.24, 2.45) is 5.73 Å². The van der Waals surface area contributed by atoms with Gasteiger partial charge in [-0.25, -0.2) is 4.39 Å². The highest BCUT2D eigenvalue weighted by atomic mass is 19.1. The first kappa shape index (κ1) is 13.5. The largest absolute Gasteiger partial charge is 0.337 e. The predicted molar refractivity (Wildman–Crippen MR) is 68.4 cm³/mol. The number of hydrogen-bond donors (Lipinski definition) is 1. The Morgan fingerprint density at radius 2 is 2.26 bits per heavy atom. The lowest BCUT2D eigenvalue weighted by atomic mass is 10.1. The molecule has 0 unspecified atom stereocenters. The first-order chi connectivity index (χ1) is 9.00. The summed E-state index contributed by atoms with van der Waals surface area (Å²) in [7, 11) is 0. The maximum Gasteiger partial charge on any atom is 0.242 e. The first-order valence-electron chi connectivity index (χ1n) is 6.27. The molecule has 1 saturated carbocycles. The van der Waals surface area contributed by atoms with E-state index >= 15 is 0 Å². The van der Waals surface area contributed by atoms with Crippen LogP contribution in [0.15, 0.2) is 18.2 Å². The minimum Gasteiger partial charge on any atom is -0.337 e. The second-order valence-electron chi connectivity index (χ2n) is 4.89. The van der Waals surface area contributed by atoms with Gasteiger partial charge in [-0.15, -0.1) is 0 Å². The minimum absolute atomic E-state index is 0.126. The van der Waals surface area contributed by atoms with E-state index in [1.807, 2.05) is 13.0 Å². The topological polar surface area (TPSA) is 70.1 Å². The Kier molecular flexibility index (Phi) is 3.54. The van der Waals surface area contributed by atoms with Crippen LogP contribution < -0.4 is 5.73 Å². The van der Waals surface area contributed by atoms with E-state index in [1.165, 1.54) is 6.07 Å². The van der Waals surface area contributed by atoms with E-state index in [9.17, 15) is 9.18 Å². The molecule has 1 aliphatic rings. The van der Waals surface area contributed by atoms with Crippen LogP contribution in [0.1, 0.15) is 30.9 Å². The first-order valence-corrected chi connectivity index (χ1v) is 6.27. The standard InChI is InChI=1S/C14H16FN3O/c1-2-18(13(19)14(17)5-6-14)9-11-4-3-10(8-16)7-12(11)15/h3-4,7H,2,5-6,9,17H2,1H3. The maximum absolute atomic E-state index is 13.8. The van der Waals surface area contributed by atoms with Gasteiger partial charge in [-0.1, -0.05) is 6.07 Å². The number of nitrogens with two attached hydrogens (primary N) is 1. The van der Waals surface area contributed by atoms with Crippen molar-refractivity contribution in [3.63, 3.8) is 0 Å². The van der Waals surface area contributed by atoms with Gasteiger partial charge in [-0.3, -0.25) is 4.79 Å². The number of benzene rings is 1. The molecular formula is C14H16FN3O. The number of halogens is 1. The van der Waals surface area contributed by atoms with E-state index in [1.54, 1.807) is 17.0 Å². The van der Waals surface area contributed by atoms with Crippen molar-refractivity contribution in [2.75, 3.05) is 6.54 Å². The molecule has 0 saturated heterocycles. The summed E-state index contributed by atoms with van der Waals surface area (Å²) in [6.07, 6.45) is 1.39. The molecule has 19 heavy (non-hydrogen) atoms. The molecule has 100 valence electrons. The van der Waals surface area contributed by atoms with E-state index in [4.69, 9.17) is 11.0 Å². The molecule has 4 nitrogen and oxygen atoms in total. The van der Waals surface area contributed by atoms with Gasteiger partial charge >= 0.3 is 0 Å². The number of amides is 1. The van der Waals surface area contributed by atoms with Gasteiger partial charge in [0.15, 0.2) is 0 Å². The molecule has 0 atom stereocenters. The number of rotatable bonds is 4. The van der Waals surface area contributed by atoms with Gasteiger partial charge < -0.3 is 10.6 Å². The van der Waals surface area contributed by atoms with Crippen LogP contribution in [0.25, 0.3) is 0 Å². The number of nitrogens with zero attached hydrogens (tertiary/aromatic N) is 2. The molecule has 0 radical (unpaired) electrons. The number of hydrogen-bond acceptors (Lipinski definition) is 3. The monoisotopic (exact) mass is 261 g/mol. The molecule has 2 rings (SSSR count). The van der Waals surface area contributed by atoms with Gasteiger partial charge in [-0.05, 0) is 31.9 Å². The fraction of sp³-hybridized carbons (Fsp3) is 0.429. The Balaban J connectivity index is 2.15. The van der Waals surface area contributed by atoms with E-state index in [-0.39, 0.29) is 18.0 Å². The zero-order valence-corrected chi connectivity index (χ0v) is 10.8. The second-order valence-corrected chi connectivity index (χ2v) is 4.89. The SMILES string of the molecule is CCN(Cc1ccc(C#N)cc1F)C(=O)C1(N)CC1. The third-order valence-electron chi connectivity index (χ3n) is 3.43. The molecule has 1 amide bonds. The lowest BCUT2D eigenvalue weighted by molar-refractivity contribution is -0.134. The lowest BCUT2D eigenvalue weighted by Crippen LogP contribution is -2.45. The van der Waals surface area contributed by atoms with Crippen LogP contribution in [0.3, 0.4) is 0 Å². The van der Waals surface area contributed by atoms with Crippen LogP contribution in [-0.2, 0) is 11.3 Å². The Labute approximate surface area is 111 Å². The van der Waals surface area contributed by atoms with Gasteiger partial charge in [-0.2, -0.15) is 5.26 Å². The van der Waals surface area contributed by atoms with Crippen molar-refractivity contribution in [3.05, 3.63) is 35.1 Å². The molecular weight excluding hydrogens is 245 g/mol. The molecule has 5 heteroatoms. The highest BCUT2D eigenvalue weighted by Gasteiger charge is 2.47. The molecule has 0 aliphatic heterocycles. The van der Waals surface area contributed by atoms with Gasteiger partial charge in [0.05, 0.1) is 17.2 Å². The van der Waals surface area contributed by atoms with Crippen LogP contribution in [0.5, 0.6) is 0 Å². The van der Waals surface area contributed by atoms with Gasteiger partial charge in [0.25, 0.3) is 0 Å². The molecule has 0 aromatic heterocycles. The Morgan fingerprint density at radius 3 is 2.74 bits per heavy atom. The Hall–Kier alpha value is -1.93. The van der Waals surface area contributed by atoms with Crippen molar-refractivity contribution < 1.29 is 9.18 Å². The Morgan fingerprint density at radius 1 is 1.58 bits per heavy atom. The minimum atomic E-state index is -0.737. The summed E-state index contributed by atoms with van der Waals surface area (Å²) >= 11 is 0. The molecule has 2 N–H and O–H groups in total. The van der Waals surface area contributed by atoms with Gasteiger partial charge in [0.2, 0.25) is 5.91 Å². The highest BCUT2D eigenvalue weighted by Crippen LogP contribution is 2.34. The lowest BCUT2D eigenvalue weighted by Gasteiger charge is -2.24. The molecule has 0 heterocycles. The smallest absolute Gasteiger partial charge is 0.242 e. The maximum atomic E-state index is 13.8. The van der Waals surface area contributed by atoms with Crippen LogP contribution in [0.4, 0.5) is 4.39 Å². The quantitative estimate of drug-likeness (QED) is 0.893. The summed E-state index contributed by atoms with van der Waals surface area (Å²) in [4.78, 5) is 13.7. The van der Waals surface area contributed by atoms with Crippen LogP contribution in [0.2, 0.25) is 0 Å². The zero-order chi connectivity index (χ0) is 14.0. The molecule has 0 bridgehead atoms. The molecule has 1 fully saturated rings. The third-order valence-corrected chi connectivity index (χ3v) is 3.43. The van der Waals surface area contributed by atoms with Crippen LogP contribution in [0, 0.1) is 17.1 Å². The molecule has 1 aliphatic carbocycles. The summed E-state index contributed by atoms with van der Waals surface area (Å²) in [5.74, 6) is -0.592. The number of carbonyl (C=O) groups is 1. The van der Waals surface area contributed by atoms with Crippen molar-refractivity contribution in [3.8, 4) is 6.07 Å². The van der Waals surface area contributed by atoms with E-state index in [0.29, 0.717) is 24.9 Å². The normalized spacial score (nSPS) is 15.7. The summed E-state index contributed by atoms with van der Waals surface area (Å²) in [5.41, 5.74) is 5.81. The van der Waals surface area contributed by atoms with E-state index < -0.39 is 11.4 Å². The fourth-order valence-electron chi connectivity index (χ4n) is 1.94. The van der Waals surface area contributed by atoms with Gasteiger partial charge in [0.1, 0.15) is 5.82 Å². The fourth-order valence-corrected chi connectivity index (χ4v) is 1.94. The average molecular weight is 261 g/mol. The number of likely N-dealkylation sites (N-methyl/N-ethyl adjacent to an activating group) is 1. The van der Waals surface area contributed by atoms with Crippen LogP contribution in [-0.4, -0.2) is 22.9 Å². The van der Waals surface area contributed by atoms with Crippen molar-refractivity contribution in [1.29, 1.82) is 5.26 Å². The molecule has 1 aromatic carbocycles. The predicted octanol–water partition coefficient (Wildman–Crippen LogP) is 1.54. The van der Waals surface area contributed by atoms with E-state index in [2.05, 4.69) is 0 Å². The van der Waals surface area contributed by atoms with Crippen molar-refractivity contribution in [2.45, 2.75) is 31.8 Å². The van der Waals surface area contributed by atoms with Crippen molar-refractivity contribution >= 4 is 5.91 Å². The highest BCUT2D eigenvalue weighted by molar-refractivity contribution is 5.89. The third kappa shape index (κ3) is 2.74. The molecule has 1 aromatic rings. The van der Waals surface area contributed by atoms with Gasteiger partial charge in [0, 0.05) is 18.7 Å². The summed E-state index contributed by atoms with van der Waals surface area (Å²) < 4.78 is 13.8. The summed E-state index contributed by atoms with van der Waals surface area (Å²) in [6.45, 7) is 2.51. The second kappa shape index (κ2) is 4.98. The Bertz CT molecular complexity index is 546. The number of carbonyl (C=O) groups excluding carboxylic acids is 1. The average Bonchev–Trinajstić information content (AvgIpc) is 3.16.